The Morgan fingerprint density at radius 2 is 2.22 bits per heavy atom. The molecule has 1 saturated carbocycles. The van der Waals surface area contributed by atoms with Gasteiger partial charge in [0.2, 0.25) is 0 Å². The van der Waals surface area contributed by atoms with Crippen molar-refractivity contribution in [1.29, 1.82) is 0 Å². The Morgan fingerprint density at radius 1 is 1.43 bits per heavy atom. The van der Waals surface area contributed by atoms with Gasteiger partial charge in [0.15, 0.2) is 0 Å². The van der Waals surface area contributed by atoms with E-state index in [0.717, 1.165) is 11.3 Å². The van der Waals surface area contributed by atoms with Crippen molar-refractivity contribution >= 4 is 11.6 Å². The number of rotatable bonds is 4. The number of fused-ring (bicyclic) bond motifs is 1. The molecule has 0 aliphatic heterocycles. The van der Waals surface area contributed by atoms with Crippen LogP contribution in [0.15, 0.2) is 36.9 Å². The first kappa shape index (κ1) is 14.0. The third-order valence-corrected chi connectivity index (χ3v) is 4.65. The average molecular weight is 310 g/mol. The van der Waals surface area contributed by atoms with E-state index in [1.807, 2.05) is 16.8 Å². The van der Waals surface area contributed by atoms with E-state index >= 15 is 0 Å². The van der Waals surface area contributed by atoms with E-state index in [0.29, 0.717) is 17.9 Å². The Morgan fingerprint density at radius 3 is 2.87 bits per heavy atom. The number of carboxylic acid groups (broad SMARTS) is 1. The summed E-state index contributed by atoms with van der Waals surface area (Å²) >= 11 is 0. The molecule has 0 amide bonds. The van der Waals surface area contributed by atoms with Gasteiger partial charge in [0.25, 0.3) is 0 Å². The van der Waals surface area contributed by atoms with E-state index in [9.17, 15) is 4.79 Å². The van der Waals surface area contributed by atoms with E-state index in [1.165, 1.54) is 24.4 Å². The minimum atomic E-state index is -0.969. The van der Waals surface area contributed by atoms with E-state index in [2.05, 4.69) is 36.1 Å². The number of pyridine rings is 1. The number of aromatic nitrogens is 4. The van der Waals surface area contributed by atoms with Gasteiger partial charge in [-0.05, 0) is 35.4 Å². The second kappa shape index (κ2) is 4.68. The lowest BCUT2D eigenvalue weighted by molar-refractivity contribution is 0.0697. The highest BCUT2D eigenvalue weighted by Gasteiger charge is 2.46. The van der Waals surface area contributed by atoms with Crippen molar-refractivity contribution in [2.75, 3.05) is 0 Å². The van der Waals surface area contributed by atoms with Gasteiger partial charge in [-0.25, -0.2) is 9.78 Å². The lowest BCUT2D eigenvalue weighted by Crippen LogP contribution is -2.00. The molecule has 23 heavy (non-hydrogen) atoms. The number of hydrogen-bond acceptors (Lipinski definition) is 3. The zero-order chi connectivity index (χ0) is 16.2. The van der Waals surface area contributed by atoms with E-state index < -0.39 is 5.97 Å². The molecule has 6 nitrogen and oxygen atoms in total. The quantitative estimate of drug-likeness (QED) is 0.804. The highest BCUT2D eigenvalue weighted by molar-refractivity contribution is 5.86. The third kappa shape index (κ3) is 2.50. The highest BCUT2D eigenvalue weighted by Crippen LogP contribution is 2.58. The van der Waals surface area contributed by atoms with Gasteiger partial charge >= 0.3 is 5.97 Å². The summed E-state index contributed by atoms with van der Waals surface area (Å²) in [6.07, 6.45) is 8.10. The molecule has 0 radical (unpaired) electrons. The summed E-state index contributed by atoms with van der Waals surface area (Å²) in [4.78, 5) is 15.5. The van der Waals surface area contributed by atoms with Crippen molar-refractivity contribution in [1.82, 2.24) is 19.2 Å². The fourth-order valence-corrected chi connectivity index (χ4v) is 3.11. The summed E-state index contributed by atoms with van der Waals surface area (Å²) in [6.45, 7) is 5.03. The number of aromatic carboxylic acids is 1. The summed E-state index contributed by atoms with van der Waals surface area (Å²) in [7, 11) is 0. The van der Waals surface area contributed by atoms with E-state index in [-0.39, 0.29) is 5.56 Å². The van der Waals surface area contributed by atoms with Crippen molar-refractivity contribution < 1.29 is 9.90 Å². The zero-order valence-electron chi connectivity index (χ0n) is 13.1. The molecule has 1 aliphatic rings. The van der Waals surface area contributed by atoms with Crippen molar-refractivity contribution in [3.63, 3.8) is 0 Å². The van der Waals surface area contributed by atoms with Crippen LogP contribution in [0.25, 0.3) is 5.65 Å². The molecule has 0 bridgehead atoms. The third-order valence-electron chi connectivity index (χ3n) is 4.65. The molecule has 1 aliphatic carbocycles. The molecular weight excluding hydrogens is 292 g/mol. The van der Waals surface area contributed by atoms with Gasteiger partial charge in [-0.1, -0.05) is 13.8 Å². The number of hydrogen-bond donors (Lipinski definition) is 1. The van der Waals surface area contributed by atoms with Crippen molar-refractivity contribution in [2.24, 2.45) is 5.41 Å². The number of carbonyl (C=O) groups is 1. The molecule has 3 aromatic heterocycles. The fraction of sp³-hybridized carbons (Fsp3) is 0.353. The normalized spacial score (nSPS) is 19.1. The van der Waals surface area contributed by atoms with Crippen molar-refractivity contribution in [2.45, 2.75) is 32.7 Å². The smallest absolute Gasteiger partial charge is 0.338 e. The average Bonchev–Trinajstić information content (AvgIpc) is 2.88. The molecule has 118 valence electrons. The SMILES string of the molecule is CC1(C)CC1c1ccn2cc(Cn3cc(C(=O)O)cn3)nc2c1. The Balaban J connectivity index is 1.59. The minimum absolute atomic E-state index is 0.187. The van der Waals surface area contributed by atoms with Gasteiger partial charge < -0.3 is 9.51 Å². The molecule has 1 unspecified atom stereocenters. The van der Waals surface area contributed by atoms with Gasteiger partial charge in [0, 0.05) is 18.6 Å². The first-order valence-corrected chi connectivity index (χ1v) is 7.66. The second-order valence-electron chi connectivity index (χ2n) is 6.93. The van der Waals surface area contributed by atoms with Crippen LogP contribution in [0, 0.1) is 5.41 Å². The first-order valence-electron chi connectivity index (χ1n) is 7.66. The lowest BCUT2D eigenvalue weighted by atomic mass is 10.0. The number of imidazole rings is 1. The van der Waals surface area contributed by atoms with Crippen molar-refractivity contribution in [3.05, 3.63) is 53.7 Å². The largest absolute Gasteiger partial charge is 0.478 e. The molecule has 4 rings (SSSR count). The summed E-state index contributed by atoms with van der Waals surface area (Å²) in [5.41, 5.74) is 3.71. The molecule has 0 aromatic carbocycles. The molecule has 1 atom stereocenters. The molecular formula is C17H18N4O2. The van der Waals surface area contributed by atoms with Crippen LogP contribution in [-0.2, 0) is 6.54 Å². The summed E-state index contributed by atoms with van der Waals surface area (Å²) < 4.78 is 3.59. The fourth-order valence-electron chi connectivity index (χ4n) is 3.11. The summed E-state index contributed by atoms with van der Waals surface area (Å²) in [5, 5.41) is 13.0. The maximum Gasteiger partial charge on any atom is 0.338 e. The highest BCUT2D eigenvalue weighted by atomic mass is 16.4. The molecule has 6 heteroatoms. The van der Waals surface area contributed by atoms with Crippen LogP contribution in [0.4, 0.5) is 0 Å². The Kier molecular flexibility index (Phi) is 2.85. The molecule has 1 N–H and O–H groups in total. The van der Waals surface area contributed by atoms with Gasteiger partial charge in [-0.3, -0.25) is 4.68 Å². The van der Waals surface area contributed by atoms with E-state index in [1.54, 1.807) is 4.68 Å². The van der Waals surface area contributed by atoms with Crippen LogP contribution < -0.4 is 0 Å². The Bertz CT molecular complexity index is 906. The van der Waals surface area contributed by atoms with Crippen LogP contribution in [-0.4, -0.2) is 30.2 Å². The second-order valence-corrected chi connectivity index (χ2v) is 6.93. The van der Waals surface area contributed by atoms with Crippen molar-refractivity contribution in [3.8, 4) is 0 Å². The van der Waals surface area contributed by atoms with Gasteiger partial charge in [0.1, 0.15) is 5.65 Å². The molecule has 0 saturated heterocycles. The number of carboxylic acids is 1. The molecule has 3 aromatic rings. The lowest BCUT2D eigenvalue weighted by Gasteiger charge is -2.03. The summed E-state index contributed by atoms with van der Waals surface area (Å²) in [6, 6.07) is 4.31. The zero-order valence-corrected chi connectivity index (χ0v) is 13.1. The van der Waals surface area contributed by atoms with Crippen LogP contribution in [0.5, 0.6) is 0 Å². The topological polar surface area (TPSA) is 72.4 Å². The maximum atomic E-state index is 10.9. The van der Waals surface area contributed by atoms with Crippen LogP contribution in [0.2, 0.25) is 0 Å². The van der Waals surface area contributed by atoms with Gasteiger partial charge in [-0.2, -0.15) is 5.10 Å². The maximum absolute atomic E-state index is 10.9. The van der Waals surface area contributed by atoms with E-state index in [4.69, 9.17) is 5.11 Å². The first-order chi connectivity index (χ1) is 10.9. The Labute approximate surface area is 133 Å². The monoisotopic (exact) mass is 310 g/mol. The summed E-state index contributed by atoms with van der Waals surface area (Å²) in [5.74, 6) is -0.347. The van der Waals surface area contributed by atoms with Gasteiger partial charge in [0.05, 0.1) is 24.0 Å². The molecule has 0 spiro atoms. The van der Waals surface area contributed by atoms with Crippen LogP contribution in [0.1, 0.15) is 47.8 Å². The molecule has 3 heterocycles. The predicted octanol–water partition coefficient (Wildman–Crippen LogP) is 2.79. The van der Waals surface area contributed by atoms with Crippen LogP contribution >= 0.6 is 0 Å². The van der Waals surface area contributed by atoms with Gasteiger partial charge in [-0.15, -0.1) is 0 Å². The van der Waals surface area contributed by atoms with Crippen LogP contribution in [0.3, 0.4) is 0 Å². The number of nitrogens with zero attached hydrogens (tertiary/aromatic N) is 4. The predicted molar refractivity (Wildman–Crippen MR) is 84.6 cm³/mol. The Hall–Kier alpha value is -2.63. The minimum Gasteiger partial charge on any atom is -0.478 e. The molecule has 1 fully saturated rings. The standard InChI is InChI=1S/C17H18N4O2/c1-17(2)6-14(17)11-3-4-20-9-13(19-15(20)5-11)10-21-8-12(7-18-21)16(22)23/h3-5,7-9,14H,6,10H2,1-2H3,(H,22,23).